The van der Waals surface area contributed by atoms with Crippen LogP contribution in [-0.4, -0.2) is 0 Å². The number of hydrogen-bond donors (Lipinski definition) is 0. The summed E-state index contributed by atoms with van der Waals surface area (Å²) >= 11 is 0. The van der Waals surface area contributed by atoms with Crippen LogP contribution in [0.3, 0.4) is 0 Å². The maximum atomic E-state index is 4.10. The van der Waals surface area contributed by atoms with Crippen molar-refractivity contribution in [1.29, 1.82) is 0 Å². The van der Waals surface area contributed by atoms with Crippen molar-refractivity contribution in [2.45, 2.75) is 71.6 Å². The van der Waals surface area contributed by atoms with E-state index >= 15 is 0 Å². The van der Waals surface area contributed by atoms with E-state index in [1.54, 1.807) is 0 Å². The van der Waals surface area contributed by atoms with Crippen molar-refractivity contribution in [3.8, 4) is 0 Å². The van der Waals surface area contributed by atoms with Gasteiger partial charge < -0.3 is 0 Å². The molecule has 0 amide bonds. The molecule has 0 N–H and O–H groups in total. The number of aryl methyl sites for hydroxylation is 3. The molecule has 0 saturated heterocycles. The van der Waals surface area contributed by atoms with Crippen molar-refractivity contribution in [2.75, 3.05) is 0 Å². The molecule has 2 aromatic rings. The lowest BCUT2D eigenvalue weighted by atomic mass is 9.92. The molecule has 0 heteroatoms. The van der Waals surface area contributed by atoms with Gasteiger partial charge in [0.2, 0.25) is 0 Å². The van der Waals surface area contributed by atoms with Gasteiger partial charge in [-0.25, -0.2) is 0 Å². The molecule has 0 heterocycles. The van der Waals surface area contributed by atoms with Crippen LogP contribution in [0.4, 0.5) is 0 Å². The van der Waals surface area contributed by atoms with Crippen LogP contribution in [0.1, 0.15) is 74.6 Å². The Kier molecular flexibility index (Phi) is 7.98. The first kappa shape index (κ1) is 19.5. The molecule has 0 aliphatic rings. The van der Waals surface area contributed by atoms with Crippen molar-refractivity contribution in [3.63, 3.8) is 0 Å². The summed E-state index contributed by atoms with van der Waals surface area (Å²) in [6.45, 7) is 10.8. The minimum atomic E-state index is 0.713. The summed E-state index contributed by atoms with van der Waals surface area (Å²) in [5.74, 6) is 0.713. The average Bonchev–Trinajstić information content (AvgIpc) is 2.67. The van der Waals surface area contributed by atoms with E-state index in [1.165, 1.54) is 40.7 Å². The Labute approximate surface area is 155 Å². The highest BCUT2D eigenvalue weighted by atomic mass is 14.1. The molecule has 25 heavy (non-hydrogen) atoms. The van der Waals surface area contributed by atoms with Gasteiger partial charge in [0.1, 0.15) is 0 Å². The second-order valence-corrected chi connectivity index (χ2v) is 7.18. The second-order valence-electron chi connectivity index (χ2n) is 7.18. The lowest BCUT2D eigenvalue weighted by Crippen LogP contribution is -1.97. The third-order valence-corrected chi connectivity index (χ3v) is 5.43. The predicted molar refractivity (Wildman–Crippen MR) is 111 cm³/mol. The minimum absolute atomic E-state index is 0.713. The fourth-order valence-corrected chi connectivity index (χ4v) is 3.38. The molecule has 0 radical (unpaired) electrons. The highest BCUT2D eigenvalue weighted by molar-refractivity contribution is 5.28. The van der Waals surface area contributed by atoms with Gasteiger partial charge in [-0.3, -0.25) is 0 Å². The highest BCUT2D eigenvalue weighted by Crippen LogP contribution is 2.23. The van der Waals surface area contributed by atoms with Gasteiger partial charge in [0, 0.05) is 0 Å². The van der Waals surface area contributed by atoms with Crippen LogP contribution in [0.2, 0.25) is 0 Å². The van der Waals surface area contributed by atoms with Crippen LogP contribution in [0.25, 0.3) is 0 Å². The summed E-state index contributed by atoms with van der Waals surface area (Å²) in [6, 6.07) is 18.5. The molecular weight excluding hydrogens is 300 g/mol. The first-order chi connectivity index (χ1) is 12.2. The van der Waals surface area contributed by atoms with Gasteiger partial charge in [0.25, 0.3) is 0 Å². The van der Waals surface area contributed by atoms with E-state index < -0.39 is 0 Å². The number of rotatable bonds is 10. The van der Waals surface area contributed by atoms with E-state index in [4.69, 9.17) is 0 Å². The summed E-state index contributed by atoms with van der Waals surface area (Å²) in [6.07, 6.45) is 8.01. The zero-order valence-corrected chi connectivity index (χ0v) is 16.4. The molecule has 0 nitrogen and oxygen atoms in total. The Bertz CT molecular complexity index is 627. The fourth-order valence-electron chi connectivity index (χ4n) is 3.38. The monoisotopic (exact) mass is 334 g/mol. The Morgan fingerprint density at radius 3 is 1.60 bits per heavy atom. The van der Waals surface area contributed by atoms with E-state index in [0.717, 1.165) is 32.1 Å². The zero-order chi connectivity index (χ0) is 18.1. The van der Waals surface area contributed by atoms with Crippen LogP contribution in [0.15, 0.2) is 60.7 Å². The minimum Gasteiger partial charge on any atom is -0.0999 e. The van der Waals surface area contributed by atoms with E-state index in [-0.39, 0.29) is 0 Å². The first-order valence-corrected chi connectivity index (χ1v) is 9.99. The van der Waals surface area contributed by atoms with E-state index in [9.17, 15) is 0 Å². The summed E-state index contributed by atoms with van der Waals surface area (Å²) in [7, 11) is 0. The third kappa shape index (κ3) is 6.20. The van der Waals surface area contributed by atoms with Gasteiger partial charge in [-0.05, 0) is 73.1 Å². The molecule has 134 valence electrons. The molecule has 0 fully saturated rings. The smallest absolute Gasteiger partial charge is 0.0167 e. The van der Waals surface area contributed by atoms with Gasteiger partial charge in [-0.2, -0.15) is 0 Å². The van der Waals surface area contributed by atoms with Crippen molar-refractivity contribution in [3.05, 3.63) is 82.9 Å². The van der Waals surface area contributed by atoms with Crippen molar-refractivity contribution in [2.24, 2.45) is 0 Å². The highest BCUT2D eigenvalue weighted by Gasteiger charge is 2.06. The van der Waals surface area contributed by atoms with E-state index in [1.807, 2.05) is 0 Å². The van der Waals surface area contributed by atoms with Crippen LogP contribution >= 0.6 is 0 Å². The summed E-state index contributed by atoms with van der Waals surface area (Å²) < 4.78 is 0. The Balaban J connectivity index is 1.85. The maximum absolute atomic E-state index is 4.10. The SMILES string of the molecule is C=C(CC)CCc1ccc(CCc2ccc(C(CC)CC)cc2)cc1. The molecule has 0 bridgehead atoms. The van der Waals surface area contributed by atoms with Crippen molar-refractivity contribution in [1.82, 2.24) is 0 Å². The van der Waals surface area contributed by atoms with Gasteiger partial charge in [0.15, 0.2) is 0 Å². The van der Waals surface area contributed by atoms with Gasteiger partial charge in [0.05, 0.1) is 0 Å². The summed E-state index contributed by atoms with van der Waals surface area (Å²) in [5.41, 5.74) is 7.14. The van der Waals surface area contributed by atoms with Crippen LogP contribution in [0, 0.1) is 0 Å². The molecule has 0 atom stereocenters. The van der Waals surface area contributed by atoms with Crippen LogP contribution < -0.4 is 0 Å². The lowest BCUT2D eigenvalue weighted by molar-refractivity contribution is 0.641. The maximum Gasteiger partial charge on any atom is -0.0167 e. The molecule has 0 aliphatic carbocycles. The molecular formula is C25H34. The second kappa shape index (κ2) is 10.2. The Morgan fingerprint density at radius 2 is 1.16 bits per heavy atom. The Morgan fingerprint density at radius 1 is 0.720 bits per heavy atom. The summed E-state index contributed by atoms with van der Waals surface area (Å²) in [4.78, 5) is 0. The molecule has 0 unspecified atom stereocenters. The lowest BCUT2D eigenvalue weighted by Gasteiger charge is -2.13. The fraction of sp³-hybridized carbons (Fsp3) is 0.440. The largest absolute Gasteiger partial charge is 0.0999 e. The molecule has 0 aliphatic heterocycles. The van der Waals surface area contributed by atoms with Crippen LogP contribution in [-0.2, 0) is 19.3 Å². The molecule has 2 rings (SSSR count). The standard InChI is InChI=1S/C25H34/c1-5-20(4)8-9-21-10-12-22(13-11-21)14-15-23-16-18-25(19-17-23)24(6-2)7-3/h10-13,16-19,24H,4-9,14-15H2,1-3H3. The van der Waals surface area contributed by atoms with Crippen molar-refractivity contribution < 1.29 is 0 Å². The first-order valence-electron chi connectivity index (χ1n) is 9.99. The molecule has 0 aromatic heterocycles. The van der Waals surface area contributed by atoms with E-state index in [0.29, 0.717) is 5.92 Å². The van der Waals surface area contributed by atoms with Crippen molar-refractivity contribution >= 4 is 0 Å². The number of allylic oxidation sites excluding steroid dienone is 1. The quantitative estimate of drug-likeness (QED) is 0.401. The predicted octanol–water partition coefficient (Wildman–Crippen LogP) is 7.27. The number of benzene rings is 2. The molecule has 0 spiro atoms. The van der Waals surface area contributed by atoms with Gasteiger partial charge >= 0.3 is 0 Å². The number of hydrogen-bond acceptors (Lipinski definition) is 0. The zero-order valence-electron chi connectivity index (χ0n) is 16.4. The van der Waals surface area contributed by atoms with Gasteiger partial charge in [-0.15, -0.1) is 0 Å². The Hall–Kier alpha value is -1.82. The average molecular weight is 335 g/mol. The van der Waals surface area contributed by atoms with E-state index in [2.05, 4.69) is 75.9 Å². The third-order valence-electron chi connectivity index (χ3n) is 5.43. The van der Waals surface area contributed by atoms with Gasteiger partial charge in [-0.1, -0.05) is 81.5 Å². The van der Waals surface area contributed by atoms with Crippen LogP contribution in [0.5, 0.6) is 0 Å². The molecule has 0 saturated carbocycles. The molecule has 2 aromatic carbocycles. The normalized spacial score (nSPS) is 11.0. The topological polar surface area (TPSA) is 0 Å². The summed E-state index contributed by atoms with van der Waals surface area (Å²) in [5, 5.41) is 0.